The second-order valence-electron chi connectivity index (χ2n) is 6.38. The Morgan fingerprint density at radius 2 is 2.00 bits per heavy atom. The molecule has 0 heterocycles. The molecule has 0 saturated heterocycles. The predicted octanol–water partition coefficient (Wildman–Crippen LogP) is 3.69. The van der Waals surface area contributed by atoms with Crippen molar-refractivity contribution in [1.29, 1.82) is 0 Å². The lowest BCUT2D eigenvalue weighted by Gasteiger charge is -2.37. The molecule has 0 aromatic carbocycles. The van der Waals surface area contributed by atoms with Crippen LogP contribution < -0.4 is 0 Å². The Kier molecular flexibility index (Phi) is 5.52. The quantitative estimate of drug-likeness (QED) is 0.633. The second-order valence-corrected chi connectivity index (χ2v) is 6.94. The van der Waals surface area contributed by atoms with Gasteiger partial charge in [0.15, 0.2) is 0 Å². The highest BCUT2D eigenvalue weighted by Gasteiger charge is 2.38. The molecule has 0 bridgehead atoms. The summed E-state index contributed by atoms with van der Waals surface area (Å²) < 4.78 is 5.30. The Morgan fingerprint density at radius 3 is 2.50 bits per heavy atom. The van der Waals surface area contributed by atoms with Crippen molar-refractivity contribution >= 4 is 15.9 Å². The van der Waals surface area contributed by atoms with Crippen molar-refractivity contribution < 1.29 is 4.74 Å². The molecule has 2 rings (SSSR count). The third-order valence-corrected chi connectivity index (χ3v) is 6.14. The number of alkyl halides is 1. The molecule has 0 amide bonds. The van der Waals surface area contributed by atoms with E-state index < -0.39 is 0 Å². The van der Waals surface area contributed by atoms with Crippen LogP contribution in [0.15, 0.2) is 0 Å². The van der Waals surface area contributed by atoms with E-state index in [1.807, 2.05) is 7.11 Å². The summed E-state index contributed by atoms with van der Waals surface area (Å²) in [7, 11) is 1.82. The van der Waals surface area contributed by atoms with E-state index in [1.165, 1.54) is 50.4 Å². The molecule has 0 aromatic rings. The van der Waals surface area contributed by atoms with Gasteiger partial charge in [-0.25, -0.2) is 0 Å². The summed E-state index contributed by atoms with van der Waals surface area (Å²) in [5.74, 6) is 0.954. The van der Waals surface area contributed by atoms with Crippen LogP contribution in [0.25, 0.3) is 0 Å². The third-order valence-electron chi connectivity index (χ3n) is 4.95. The molecule has 2 fully saturated rings. The zero-order chi connectivity index (χ0) is 13.0. The Hall–Kier alpha value is 0.400. The largest absolute Gasteiger partial charge is 0.383 e. The third kappa shape index (κ3) is 3.71. The first-order valence-electron chi connectivity index (χ1n) is 7.50. The molecule has 2 nitrogen and oxygen atoms in total. The van der Waals surface area contributed by atoms with Gasteiger partial charge >= 0.3 is 0 Å². The number of hydrogen-bond donors (Lipinski definition) is 0. The van der Waals surface area contributed by atoms with Gasteiger partial charge in [-0.05, 0) is 43.9 Å². The van der Waals surface area contributed by atoms with Gasteiger partial charge in [0.2, 0.25) is 0 Å². The summed E-state index contributed by atoms with van der Waals surface area (Å²) in [6.45, 7) is 5.65. The summed E-state index contributed by atoms with van der Waals surface area (Å²) in [4.78, 5) is 2.70. The van der Waals surface area contributed by atoms with Crippen molar-refractivity contribution in [3.8, 4) is 0 Å². The minimum atomic E-state index is 0.539. The van der Waals surface area contributed by atoms with E-state index in [9.17, 15) is 0 Å². The molecule has 18 heavy (non-hydrogen) atoms. The maximum Gasteiger partial charge on any atom is 0.0589 e. The van der Waals surface area contributed by atoms with Crippen LogP contribution in [0.3, 0.4) is 0 Å². The summed E-state index contributed by atoms with van der Waals surface area (Å²) in [6, 6.07) is 0.747. The molecule has 3 heteroatoms. The molecule has 0 radical (unpaired) electrons. The van der Waals surface area contributed by atoms with Crippen molar-refractivity contribution in [3.63, 3.8) is 0 Å². The molecule has 0 spiro atoms. The monoisotopic (exact) mass is 317 g/mol. The fourth-order valence-electron chi connectivity index (χ4n) is 3.40. The lowest BCUT2D eigenvalue weighted by molar-refractivity contribution is 0.0815. The van der Waals surface area contributed by atoms with Crippen LogP contribution in [0.1, 0.15) is 45.4 Å². The van der Waals surface area contributed by atoms with Crippen molar-refractivity contribution in [2.75, 3.05) is 32.1 Å². The number of ether oxygens (including phenoxy) is 1. The minimum Gasteiger partial charge on any atom is -0.383 e. The van der Waals surface area contributed by atoms with Gasteiger partial charge in [-0.1, -0.05) is 28.8 Å². The minimum absolute atomic E-state index is 0.539. The van der Waals surface area contributed by atoms with Gasteiger partial charge in [0.1, 0.15) is 0 Å². The Balaban J connectivity index is 1.93. The molecule has 2 aliphatic carbocycles. The lowest BCUT2D eigenvalue weighted by Crippen LogP contribution is -2.44. The number of nitrogens with zero attached hydrogens (tertiary/aromatic N) is 1. The van der Waals surface area contributed by atoms with Crippen molar-refractivity contribution in [2.45, 2.75) is 51.5 Å². The van der Waals surface area contributed by atoms with Gasteiger partial charge in [0, 0.05) is 31.6 Å². The Labute approximate surface area is 121 Å². The molecule has 106 valence electrons. The van der Waals surface area contributed by atoms with Crippen LogP contribution in [-0.2, 0) is 4.74 Å². The van der Waals surface area contributed by atoms with E-state index in [1.54, 1.807) is 0 Å². The van der Waals surface area contributed by atoms with Crippen LogP contribution >= 0.6 is 15.9 Å². The molecule has 2 aliphatic rings. The number of methoxy groups -OCH3 is 1. The Bertz CT molecular complexity index is 249. The molecular weight excluding hydrogens is 290 g/mol. The maximum atomic E-state index is 5.30. The molecule has 0 aliphatic heterocycles. The summed E-state index contributed by atoms with van der Waals surface area (Å²) in [5, 5.41) is 1.17. The van der Waals surface area contributed by atoms with Gasteiger partial charge in [-0.3, -0.25) is 4.90 Å². The van der Waals surface area contributed by atoms with E-state index in [-0.39, 0.29) is 0 Å². The van der Waals surface area contributed by atoms with Crippen LogP contribution in [0.4, 0.5) is 0 Å². The lowest BCUT2D eigenvalue weighted by atomic mass is 9.87. The van der Waals surface area contributed by atoms with E-state index in [0.717, 1.165) is 25.1 Å². The van der Waals surface area contributed by atoms with Gasteiger partial charge in [-0.15, -0.1) is 0 Å². The molecular formula is C15H28BrNO. The first-order valence-corrected chi connectivity index (χ1v) is 8.62. The Morgan fingerprint density at radius 1 is 1.33 bits per heavy atom. The zero-order valence-electron chi connectivity index (χ0n) is 12.0. The summed E-state index contributed by atoms with van der Waals surface area (Å²) in [6.07, 6.45) is 8.51. The molecule has 0 aromatic heterocycles. The van der Waals surface area contributed by atoms with Gasteiger partial charge < -0.3 is 4.74 Å². The van der Waals surface area contributed by atoms with Crippen LogP contribution in [0, 0.1) is 11.3 Å². The first kappa shape index (κ1) is 14.8. The average Bonchev–Trinajstić information content (AvgIpc) is 3.14. The van der Waals surface area contributed by atoms with E-state index in [0.29, 0.717) is 5.41 Å². The fourth-order valence-corrected chi connectivity index (χ4v) is 4.14. The average molecular weight is 318 g/mol. The highest BCUT2D eigenvalue weighted by atomic mass is 79.9. The normalized spacial score (nSPS) is 24.7. The summed E-state index contributed by atoms with van der Waals surface area (Å²) in [5.41, 5.74) is 0.539. The van der Waals surface area contributed by atoms with Gasteiger partial charge in [0.05, 0.1) is 6.61 Å². The number of hydrogen-bond acceptors (Lipinski definition) is 2. The molecule has 2 saturated carbocycles. The van der Waals surface area contributed by atoms with Crippen LogP contribution in [0.2, 0.25) is 0 Å². The standard InChI is InChI=1S/C15H28BrNO/c1-13(14-5-6-14)17(9-10-18-2)12-15(11-16)7-3-4-8-15/h13-14H,3-12H2,1-2H3. The SMILES string of the molecule is COCCN(CC1(CBr)CCCC1)C(C)C1CC1. The van der Waals surface area contributed by atoms with Gasteiger partial charge in [-0.2, -0.15) is 0 Å². The topological polar surface area (TPSA) is 12.5 Å². The first-order chi connectivity index (χ1) is 8.71. The molecule has 1 atom stereocenters. The van der Waals surface area contributed by atoms with E-state index in [2.05, 4.69) is 27.8 Å². The molecule has 0 N–H and O–H groups in total. The van der Waals surface area contributed by atoms with E-state index >= 15 is 0 Å². The second kappa shape index (κ2) is 6.71. The van der Waals surface area contributed by atoms with Crippen molar-refractivity contribution in [1.82, 2.24) is 4.90 Å². The maximum absolute atomic E-state index is 5.30. The van der Waals surface area contributed by atoms with Crippen molar-refractivity contribution in [3.05, 3.63) is 0 Å². The van der Waals surface area contributed by atoms with Crippen molar-refractivity contribution in [2.24, 2.45) is 11.3 Å². The highest BCUT2D eigenvalue weighted by Crippen LogP contribution is 2.42. The predicted molar refractivity (Wildman–Crippen MR) is 80.3 cm³/mol. The summed E-state index contributed by atoms with van der Waals surface area (Å²) >= 11 is 3.77. The highest BCUT2D eigenvalue weighted by molar-refractivity contribution is 9.09. The smallest absolute Gasteiger partial charge is 0.0589 e. The van der Waals surface area contributed by atoms with Crippen LogP contribution in [-0.4, -0.2) is 43.1 Å². The number of halogens is 1. The number of rotatable bonds is 8. The van der Waals surface area contributed by atoms with Crippen LogP contribution in [0.5, 0.6) is 0 Å². The fraction of sp³-hybridized carbons (Fsp3) is 1.00. The van der Waals surface area contributed by atoms with Gasteiger partial charge in [0.25, 0.3) is 0 Å². The van der Waals surface area contributed by atoms with E-state index in [4.69, 9.17) is 4.74 Å². The molecule has 1 unspecified atom stereocenters. The zero-order valence-corrected chi connectivity index (χ0v) is 13.5.